The fourth-order valence-corrected chi connectivity index (χ4v) is 3.53. The zero-order valence-electron chi connectivity index (χ0n) is 16.4. The summed E-state index contributed by atoms with van der Waals surface area (Å²) in [5.41, 5.74) is 0.565. The number of nitrogens with zero attached hydrogens (tertiary/aromatic N) is 2. The Labute approximate surface area is 172 Å². The van der Waals surface area contributed by atoms with Gasteiger partial charge in [0.1, 0.15) is 6.10 Å². The van der Waals surface area contributed by atoms with Crippen LogP contribution in [0.1, 0.15) is 37.5 Å². The van der Waals surface area contributed by atoms with Crippen molar-refractivity contribution in [2.75, 3.05) is 0 Å². The number of hydrogen-bond acceptors (Lipinski definition) is 6. The highest BCUT2D eigenvalue weighted by Gasteiger charge is 2.34. The number of carbonyl (C=O) groups excluding carboxylic acids is 1. The molecule has 1 aliphatic rings. The molecule has 1 unspecified atom stereocenters. The van der Waals surface area contributed by atoms with Crippen molar-refractivity contribution < 1.29 is 19.7 Å². The van der Waals surface area contributed by atoms with E-state index in [0.717, 1.165) is 0 Å². The van der Waals surface area contributed by atoms with E-state index in [2.05, 4.69) is 0 Å². The van der Waals surface area contributed by atoms with Crippen LogP contribution >= 0.6 is 0 Å². The smallest absolute Gasteiger partial charge is 0.270 e. The fraction of sp³-hybridized carbons (Fsp3) is 0.227. The first-order valence-corrected chi connectivity index (χ1v) is 9.22. The summed E-state index contributed by atoms with van der Waals surface area (Å²) in [6.45, 7) is 3.81. The predicted molar refractivity (Wildman–Crippen MR) is 111 cm³/mol. The van der Waals surface area contributed by atoms with Crippen molar-refractivity contribution in [3.63, 3.8) is 0 Å². The van der Waals surface area contributed by atoms with Gasteiger partial charge in [0.2, 0.25) is 0 Å². The number of nitro groups is 2. The number of carbonyl (C=O) groups is 1. The van der Waals surface area contributed by atoms with Crippen LogP contribution in [0, 0.1) is 25.6 Å². The lowest BCUT2D eigenvalue weighted by Gasteiger charge is -2.30. The summed E-state index contributed by atoms with van der Waals surface area (Å²) >= 11 is 0. The van der Waals surface area contributed by atoms with Gasteiger partial charge in [-0.05, 0) is 29.0 Å². The molecule has 1 N–H and O–H groups in total. The Morgan fingerprint density at radius 2 is 1.63 bits per heavy atom. The van der Waals surface area contributed by atoms with Crippen LogP contribution in [0.25, 0.3) is 6.08 Å². The Bertz CT molecular complexity index is 1100. The van der Waals surface area contributed by atoms with Crippen LogP contribution in [0.15, 0.2) is 65.8 Å². The van der Waals surface area contributed by atoms with Crippen molar-refractivity contribution in [3.8, 4) is 0 Å². The molecule has 8 heteroatoms. The maximum atomic E-state index is 13.1. The van der Waals surface area contributed by atoms with Crippen molar-refractivity contribution in [1.29, 1.82) is 0 Å². The minimum absolute atomic E-state index is 0.0840. The second kappa shape index (κ2) is 8.00. The lowest BCUT2D eigenvalue weighted by Crippen LogP contribution is -2.25. The van der Waals surface area contributed by atoms with Crippen molar-refractivity contribution in [3.05, 3.63) is 97.1 Å². The summed E-state index contributed by atoms with van der Waals surface area (Å²) in [6.07, 6.45) is 2.33. The van der Waals surface area contributed by atoms with E-state index in [-0.39, 0.29) is 28.3 Å². The largest absolute Gasteiger partial charge is 0.384 e. The van der Waals surface area contributed by atoms with Gasteiger partial charge in [-0.25, -0.2) is 0 Å². The highest BCUT2D eigenvalue weighted by atomic mass is 16.6. The van der Waals surface area contributed by atoms with E-state index in [9.17, 15) is 30.1 Å². The third-order valence-electron chi connectivity index (χ3n) is 4.86. The second-order valence-electron chi connectivity index (χ2n) is 7.87. The van der Waals surface area contributed by atoms with Crippen LogP contribution in [0.4, 0.5) is 11.4 Å². The quantitative estimate of drug-likeness (QED) is 0.440. The molecule has 0 amide bonds. The number of benzene rings is 2. The number of allylic oxidation sites excluding steroid dienone is 2. The number of Topliss-reactive ketones (excluding diaryl/α,β-unsaturated/α-hetero) is 1. The third-order valence-corrected chi connectivity index (χ3v) is 4.86. The standard InChI is InChI=1S/C22H20N2O6/c1-22(2)12-16(9-14-5-3-7-17(10-14)23(27)28)21(26)19(13-22)20(25)15-6-4-8-18(11-15)24(29)30/h3-11,13,20,25H,12H2,1-2H3/b16-9+. The molecule has 0 saturated carbocycles. The molecule has 0 aliphatic heterocycles. The topological polar surface area (TPSA) is 124 Å². The Morgan fingerprint density at radius 3 is 2.27 bits per heavy atom. The van der Waals surface area contributed by atoms with Crippen molar-refractivity contribution >= 4 is 23.2 Å². The number of hydrogen-bond donors (Lipinski definition) is 1. The molecule has 0 saturated heterocycles. The van der Waals surface area contributed by atoms with E-state index in [4.69, 9.17) is 0 Å². The molecule has 2 aromatic rings. The van der Waals surface area contributed by atoms with Gasteiger partial charge in [-0.3, -0.25) is 25.0 Å². The van der Waals surface area contributed by atoms with Crippen molar-refractivity contribution in [2.45, 2.75) is 26.4 Å². The molecular weight excluding hydrogens is 388 g/mol. The minimum Gasteiger partial charge on any atom is -0.384 e. The number of aliphatic hydroxyl groups is 1. The van der Waals surface area contributed by atoms with Gasteiger partial charge >= 0.3 is 0 Å². The maximum Gasteiger partial charge on any atom is 0.270 e. The van der Waals surface area contributed by atoms with Crippen LogP contribution in [-0.2, 0) is 4.79 Å². The Morgan fingerprint density at radius 1 is 1.03 bits per heavy atom. The van der Waals surface area contributed by atoms with E-state index >= 15 is 0 Å². The molecule has 1 atom stereocenters. The highest BCUT2D eigenvalue weighted by Crippen LogP contribution is 2.40. The molecule has 8 nitrogen and oxygen atoms in total. The summed E-state index contributed by atoms with van der Waals surface area (Å²) in [6, 6.07) is 11.5. The van der Waals surface area contributed by atoms with Crippen LogP contribution < -0.4 is 0 Å². The minimum atomic E-state index is -1.33. The summed E-state index contributed by atoms with van der Waals surface area (Å²) in [5, 5.41) is 32.9. The van der Waals surface area contributed by atoms with Gasteiger partial charge in [0, 0.05) is 35.4 Å². The number of non-ortho nitro benzene ring substituents is 2. The van der Waals surface area contributed by atoms with Gasteiger partial charge in [-0.2, -0.15) is 0 Å². The van der Waals surface area contributed by atoms with E-state index in [0.29, 0.717) is 17.6 Å². The normalized spacial score (nSPS) is 18.0. The average Bonchev–Trinajstić information content (AvgIpc) is 2.70. The van der Waals surface area contributed by atoms with E-state index in [1.807, 2.05) is 13.8 Å². The SMILES string of the molecule is CC1(C)C=C(C(O)c2cccc([N+](=O)[O-])c2)C(=O)/C(=C/c2cccc([N+](=O)[O-])c2)C1. The maximum absolute atomic E-state index is 13.1. The van der Waals surface area contributed by atoms with Gasteiger partial charge in [-0.15, -0.1) is 0 Å². The molecule has 0 spiro atoms. The molecule has 2 aromatic carbocycles. The summed E-state index contributed by atoms with van der Waals surface area (Å²) in [4.78, 5) is 34.1. The summed E-state index contributed by atoms with van der Waals surface area (Å²) in [5.74, 6) is -0.389. The molecular formula is C22H20N2O6. The average molecular weight is 408 g/mol. The van der Waals surface area contributed by atoms with Crippen LogP contribution in [0.5, 0.6) is 0 Å². The molecule has 3 rings (SSSR count). The number of rotatable bonds is 5. The molecule has 1 aliphatic carbocycles. The summed E-state index contributed by atoms with van der Waals surface area (Å²) in [7, 11) is 0. The monoisotopic (exact) mass is 408 g/mol. The van der Waals surface area contributed by atoms with Gasteiger partial charge < -0.3 is 5.11 Å². The van der Waals surface area contributed by atoms with E-state index in [1.54, 1.807) is 18.2 Å². The molecule has 0 fully saturated rings. The van der Waals surface area contributed by atoms with E-state index < -0.39 is 21.4 Å². The van der Waals surface area contributed by atoms with Gasteiger partial charge in [0.25, 0.3) is 11.4 Å². The molecule has 154 valence electrons. The van der Waals surface area contributed by atoms with Crippen LogP contribution in [0.2, 0.25) is 0 Å². The lowest BCUT2D eigenvalue weighted by molar-refractivity contribution is -0.385. The van der Waals surface area contributed by atoms with Gasteiger partial charge in [0.05, 0.1) is 9.85 Å². The highest BCUT2D eigenvalue weighted by molar-refractivity contribution is 6.12. The lowest BCUT2D eigenvalue weighted by atomic mass is 9.74. The Hall–Kier alpha value is -3.65. The number of nitro benzene ring substituents is 2. The molecule has 0 aromatic heterocycles. The Balaban J connectivity index is 2.00. The fourth-order valence-electron chi connectivity index (χ4n) is 3.53. The third kappa shape index (κ3) is 4.49. The number of ketones is 1. The molecule has 0 radical (unpaired) electrons. The molecule has 0 bridgehead atoms. The first kappa shape index (κ1) is 21.1. The van der Waals surface area contributed by atoms with Crippen molar-refractivity contribution in [1.82, 2.24) is 0 Å². The van der Waals surface area contributed by atoms with Gasteiger partial charge in [0.15, 0.2) is 5.78 Å². The molecule has 30 heavy (non-hydrogen) atoms. The van der Waals surface area contributed by atoms with Crippen LogP contribution in [-0.4, -0.2) is 20.7 Å². The van der Waals surface area contributed by atoms with Crippen LogP contribution in [0.3, 0.4) is 0 Å². The Kier molecular flexibility index (Phi) is 5.62. The summed E-state index contributed by atoms with van der Waals surface area (Å²) < 4.78 is 0. The molecule has 0 heterocycles. The van der Waals surface area contributed by atoms with Crippen molar-refractivity contribution in [2.24, 2.45) is 5.41 Å². The predicted octanol–water partition coefficient (Wildman–Crippen LogP) is 4.55. The van der Waals surface area contributed by atoms with E-state index in [1.165, 1.54) is 42.5 Å². The van der Waals surface area contributed by atoms with Gasteiger partial charge in [-0.1, -0.05) is 44.2 Å². The number of aliphatic hydroxyl groups excluding tert-OH is 1. The second-order valence-corrected chi connectivity index (χ2v) is 7.87. The first-order valence-electron chi connectivity index (χ1n) is 9.22. The zero-order valence-corrected chi connectivity index (χ0v) is 16.4. The first-order chi connectivity index (χ1) is 14.1. The zero-order chi connectivity index (χ0) is 22.1.